The van der Waals surface area contributed by atoms with E-state index in [1.807, 2.05) is 0 Å². The van der Waals surface area contributed by atoms with Crippen molar-refractivity contribution in [1.82, 2.24) is 0 Å². The summed E-state index contributed by atoms with van der Waals surface area (Å²) in [6.45, 7) is 0. The minimum absolute atomic E-state index is 0.0824. The number of allylic oxidation sites excluding steroid dienone is 1. The van der Waals surface area contributed by atoms with Crippen LogP contribution in [0.15, 0.2) is 60.4 Å². The van der Waals surface area contributed by atoms with Crippen molar-refractivity contribution in [3.8, 4) is 23.0 Å². The molecule has 8 heteroatoms. The van der Waals surface area contributed by atoms with Gasteiger partial charge in [0.05, 0.1) is 29.8 Å². The van der Waals surface area contributed by atoms with Crippen LogP contribution in [0.1, 0.15) is 26.3 Å². The first-order chi connectivity index (χ1) is 15.4. The van der Waals surface area contributed by atoms with Gasteiger partial charge in [0.15, 0.2) is 5.76 Å². The Hall–Kier alpha value is -3.48. The Morgan fingerprint density at radius 2 is 1.66 bits per heavy atom. The minimum Gasteiger partial charge on any atom is -0.496 e. The first-order valence-electron chi connectivity index (χ1n) is 9.38. The number of ketones is 1. The molecule has 0 saturated carbocycles. The molecule has 1 aliphatic rings. The maximum Gasteiger partial charge on any atom is 0.351 e. The van der Waals surface area contributed by atoms with E-state index < -0.39 is 5.97 Å². The molecule has 4 rings (SSSR count). The molecule has 0 aliphatic carbocycles. The molecule has 1 aliphatic heterocycles. The summed E-state index contributed by atoms with van der Waals surface area (Å²) in [6, 6.07) is 14.5. The third kappa shape index (κ3) is 4.02. The molecule has 32 heavy (non-hydrogen) atoms. The second-order valence-electron chi connectivity index (χ2n) is 6.67. The smallest absolute Gasteiger partial charge is 0.351 e. The Bertz CT molecular complexity index is 1240. The van der Waals surface area contributed by atoms with Crippen LogP contribution >= 0.6 is 23.2 Å². The Morgan fingerprint density at radius 3 is 2.34 bits per heavy atom. The van der Waals surface area contributed by atoms with E-state index in [9.17, 15) is 9.59 Å². The van der Waals surface area contributed by atoms with Crippen LogP contribution in [0.2, 0.25) is 10.0 Å². The van der Waals surface area contributed by atoms with E-state index in [0.717, 1.165) is 0 Å². The molecule has 0 amide bonds. The second-order valence-corrected chi connectivity index (χ2v) is 7.45. The number of esters is 1. The first-order valence-corrected chi connectivity index (χ1v) is 10.1. The van der Waals surface area contributed by atoms with Gasteiger partial charge >= 0.3 is 5.97 Å². The summed E-state index contributed by atoms with van der Waals surface area (Å²) in [7, 11) is 2.89. The van der Waals surface area contributed by atoms with E-state index in [-0.39, 0.29) is 28.6 Å². The highest BCUT2D eigenvalue weighted by Gasteiger charge is 2.29. The quantitative estimate of drug-likeness (QED) is 0.264. The summed E-state index contributed by atoms with van der Waals surface area (Å²) in [5.74, 6) is 0.161. The molecule has 0 fully saturated rings. The molecule has 1 heterocycles. The number of halogens is 2. The summed E-state index contributed by atoms with van der Waals surface area (Å²) in [6.07, 6.45) is 1.52. The molecule has 0 bridgehead atoms. The molecule has 162 valence electrons. The zero-order valence-corrected chi connectivity index (χ0v) is 18.5. The summed E-state index contributed by atoms with van der Waals surface area (Å²) in [5, 5.41) is 0.680. The van der Waals surface area contributed by atoms with E-state index in [0.29, 0.717) is 32.7 Å². The number of methoxy groups -OCH3 is 2. The molecule has 0 aromatic heterocycles. The van der Waals surface area contributed by atoms with Gasteiger partial charge in [0.25, 0.3) is 0 Å². The van der Waals surface area contributed by atoms with Crippen LogP contribution in [-0.4, -0.2) is 26.0 Å². The fraction of sp³-hybridized carbons (Fsp3) is 0.0833. The summed E-state index contributed by atoms with van der Waals surface area (Å²) in [4.78, 5) is 25.5. The number of fused-ring (bicyclic) bond motifs is 1. The fourth-order valence-corrected chi connectivity index (χ4v) is 3.58. The highest BCUT2D eigenvalue weighted by atomic mass is 35.5. The number of hydrogen-bond acceptors (Lipinski definition) is 6. The molecule has 0 saturated heterocycles. The normalized spacial score (nSPS) is 13.5. The van der Waals surface area contributed by atoms with Crippen molar-refractivity contribution in [1.29, 1.82) is 0 Å². The van der Waals surface area contributed by atoms with Crippen LogP contribution in [0.3, 0.4) is 0 Å². The van der Waals surface area contributed by atoms with Gasteiger partial charge in [-0.3, -0.25) is 4.79 Å². The maximum atomic E-state index is 12.8. The lowest BCUT2D eigenvalue weighted by Gasteiger charge is -2.12. The van der Waals surface area contributed by atoms with E-state index in [2.05, 4.69) is 0 Å². The number of Topliss-reactive ketones (excluding diaryl/α,β-unsaturated/α-hetero) is 1. The number of carbonyl (C=O) groups excluding carboxylic acids is 2. The number of carbonyl (C=O) groups is 2. The molecule has 3 aromatic carbocycles. The van der Waals surface area contributed by atoms with Crippen molar-refractivity contribution in [2.75, 3.05) is 14.2 Å². The van der Waals surface area contributed by atoms with Gasteiger partial charge in [0, 0.05) is 6.07 Å². The molecule has 6 nitrogen and oxygen atoms in total. The van der Waals surface area contributed by atoms with E-state index in [1.54, 1.807) is 36.4 Å². The van der Waals surface area contributed by atoms with Gasteiger partial charge in [-0.2, -0.15) is 0 Å². The number of ether oxygens (including phenoxy) is 4. The molecule has 0 N–H and O–H groups in total. The van der Waals surface area contributed by atoms with Crippen molar-refractivity contribution in [2.45, 2.75) is 0 Å². The average Bonchev–Trinajstić information content (AvgIpc) is 3.10. The van der Waals surface area contributed by atoms with Gasteiger partial charge < -0.3 is 18.9 Å². The number of benzene rings is 3. The zero-order chi connectivity index (χ0) is 22.8. The van der Waals surface area contributed by atoms with Gasteiger partial charge in [-0.25, -0.2) is 4.79 Å². The molecule has 0 atom stereocenters. The van der Waals surface area contributed by atoms with E-state index in [4.69, 9.17) is 42.1 Å². The highest BCUT2D eigenvalue weighted by Crippen LogP contribution is 2.37. The summed E-state index contributed by atoms with van der Waals surface area (Å²) < 4.78 is 21.7. The number of hydrogen-bond donors (Lipinski definition) is 0. The van der Waals surface area contributed by atoms with Gasteiger partial charge in [-0.1, -0.05) is 41.4 Å². The lowest BCUT2D eigenvalue weighted by Crippen LogP contribution is -2.12. The van der Waals surface area contributed by atoms with Crippen molar-refractivity contribution >= 4 is 41.0 Å². The average molecular weight is 471 g/mol. The lowest BCUT2D eigenvalue weighted by molar-refractivity contribution is 0.0727. The molecule has 0 radical (unpaired) electrons. The van der Waals surface area contributed by atoms with Crippen LogP contribution in [0.25, 0.3) is 6.08 Å². The van der Waals surface area contributed by atoms with Gasteiger partial charge in [0.1, 0.15) is 28.6 Å². The molecule has 0 unspecified atom stereocenters. The standard InChI is InChI=1S/C24H16Cl2O6/c1-29-17-7-4-8-18(30-2)21(17)24(28)31-14-9-10-15-19(12-14)32-20(23(15)27)11-13-5-3-6-16(25)22(13)26/h3-12H,1-2H3. The molecular weight excluding hydrogens is 455 g/mol. The van der Waals surface area contributed by atoms with Gasteiger partial charge in [-0.05, 0) is 42.0 Å². The molecule has 3 aromatic rings. The monoisotopic (exact) mass is 470 g/mol. The SMILES string of the molecule is COc1cccc(OC)c1C(=O)Oc1ccc2c(c1)OC(=Cc1cccc(Cl)c1Cl)C2=O. The van der Waals surface area contributed by atoms with Crippen LogP contribution in [0.4, 0.5) is 0 Å². The third-order valence-corrected chi connectivity index (χ3v) is 5.59. The Morgan fingerprint density at radius 1 is 0.969 bits per heavy atom. The molecule has 0 spiro atoms. The first kappa shape index (κ1) is 21.7. The summed E-state index contributed by atoms with van der Waals surface area (Å²) in [5.41, 5.74) is 1.03. The van der Waals surface area contributed by atoms with Crippen LogP contribution in [0.5, 0.6) is 23.0 Å². The maximum absolute atomic E-state index is 12.8. The lowest BCUT2D eigenvalue weighted by atomic mass is 10.1. The van der Waals surface area contributed by atoms with Crippen molar-refractivity contribution < 1.29 is 28.5 Å². The zero-order valence-electron chi connectivity index (χ0n) is 17.0. The van der Waals surface area contributed by atoms with Gasteiger partial charge in [-0.15, -0.1) is 0 Å². The van der Waals surface area contributed by atoms with Crippen LogP contribution in [0, 0.1) is 0 Å². The minimum atomic E-state index is -0.676. The van der Waals surface area contributed by atoms with Crippen molar-refractivity contribution in [2.24, 2.45) is 0 Å². The fourth-order valence-electron chi connectivity index (χ4n) is 3.21. The van der Waals surface area contributed by atoms with Crippen molar-refractivity contribution in [3.05, 3.63) is 87.1 Å². The van der Waals surface area contributed by atoms with Crippen LogP contribution in [-0.2, 0) is 0 Å². The highest BCUT2D eigenvalue weighted by molar-refractivity contribution is 6.43. The van der Waals surface area contributed by atoms with Crippen molar-refractivity contribution in [3.63, 3.8) is 0 Å². The van der Waals surface area contributed by atoms with Gasteiger partial charge in [0.2, 0.25) is 5.78 Å². The predicted octanol–water partition coefficient (Wildman–Crippen LogP) is 5.85. The van der Waals surface area contributed by atoms with Crippen LogP contribution < -0.4 is 18.9 Å². The Kier molecular flexibility index (Phi) is 6.08. The Labute approximate surface area is 193 Å². The Balaban J connectivity index is 1.61. The largest absolute Gasteiger partial charge is 0.496 e. The van der Waals surface area contributed by atoms with E-state index in [1.165, 1.54) is 38.5 Å². The number of rotatable bonds is 5. The topological polar surface area (TPSA) is 71.1 Å². The van der Waals surface area contributed by atoms with E-state index >= 15 is 0 Å². The third-order valence-electron chi connectivity index (χ3n) is 4.75. The summed E-state index contributed by atoms with van der Waals surface area (Å²) >= 11 is 12.2. The predicted molar refractivity (Wildman–Crippen MR) is 120 cm³/mol. The second kappa shape index (κ2) is 8.94. The molecular formula is C24H16Cl2O6.